The lowest BCUT2D eigenvalue weighted by molar-refractivity contribution is 0.131. The van der Waals surface area contributed by atoms with E-state index in [1.54, 1.807) is 0 Å². The molecular formula is C19H22N2O2. The van der Waals surface area contributed by atoms with Gasteiger partial charge in [-0.05, 0) is 24.1 Å². The van der Waals surface area contributed by atoms with E-state index in [2.05, 4.69) is 24.5 Å². The van der Waals surface area contributed by atoms with Crippen molar-refractivity contribution in [2.24, 2.45) is 5.92 Å². The summed E-state index contributed by atoms with van der Waals surface area (Å²) in [5.41, 5.74) is 3.16. The van der Waals surface area contributed by atoms with Gasteiger partial charge in [0, 0.05) is 17.6 Å². The monoisotopic (exact) mass is 310 g/mol. The topological polar surface area (TPSA) is 50.4 Å². The van der Waals surface area contributed by atoms with Crippen molar-refractivity contribution in [3.05, 3.63) is 65.7 Å². The number of nitrogens with one attached hydrogen (secondary N) is 2. The maximum Gasteiger partial charge on any atom is 0.407 e. The Morgan fingerprint density at radius 2 is 1.78 bits per heavy atom. The minimum Gasteiger partial charge on any atom is -0.445 e. The van der Waals surface area contributed by atoms with E-state index >= 15 is 0 Å². The van der Waals surface area contributed by atoms with Gasteiger partial charge >= 0.3 is 6.09 Å². The molecule has 1 aliphatic rings. The third kappa shape index (κ3) is 3.47. The van der Waals surface area contributed by atoms with E-state index in [4.69, 9.17) is 4.74 Å². The molecule has 0 bridgehead atoms. The number of anilines is 1. The van der Waals surface area contributed by atoms with Gasteiger partial charge in [-0.3, -0.25) is 0 Å². The summed E-state index contributed by atoms with van der Waals surface area (Å²) in [5.74, 6) is 0.272. The van der Waals surface area contributed by atoms with Gasteiger partial charge in [-0.2, -0.15) is 0 Å². The Balaban J connectivity index is 1.67. The number of alkyl carbamates (subject to hydrolysis) is 1. The Bertz CT molecular complexity index is 672. The number of para-hydroxylation sites is 1. The molecule has 2 aromatic carbocycles. The molecule has 0 radical (unpaired) electrons. The van der Waals surface area contributed by atoms with Gasteiger partial charge in [0.15, 0.2) is 0 Å². The van der Waals surface area contributed by atoms with E-state index in [0.29, 0.717) is 0 Å². The lowest BCUT2D eigenvalue weighted by Gasteiger charge is -2.37. The molecule has 23 heavy (non-hydrogen) atoms. The summed E-state index contributed by atoms with van der Waals surface area (Å²) in [6.07, 6.45) is -0.380. The fraction of sp³-hybridized carbons (Fsp3) is 0.316. The first-order chi connectivity index (χ1) is 11.1. The molecule has 1 unspecified atom stereocenters. The van der Waals surface area contributed by atoms with E-state index in [1.165, 1.54) is 0 Å². The molecule has 2 N–H and O–H groups in total. The molecule has 1 amide bonds. The molecule has 3 rings (SSSR count). The molecular weight excluding hydrogens is 288 g/mol. The van der Waals surface area contributed by atoms with Crippen LogP contribution in [0, 0.1) is 5.92 Å². The Labute approximate surface area is 136 Å². The zero-order chi connectivity index (χ0) is 16.2. The van der Waals surface area contributed by atoms with Crippen LogP contribution in [0.3, 0.4) is 0 Å². The SMILES string of the molecule is CC1[C@H](C)Nc2ccccc2[C@@H]1NC(=O)OCc1ccccc1. The Kier molecular flexibility index (Phi) is 4.51. The lowest BCUT2D eigenvalue weighted by Crippen LogP contribution is -2.42. The average molecular weight is 310 g/mol. The normalized spacial score (nSPS) is 22.6. The summed E-state index contributed by atoms with van der Waals surface area (Å²) in [5, 5.41) is 6.50. The summed E-state index contributed by atoms with van der Waals surface area (Å²) in [4.78, 5) is 12.2. The second-order valence-electron chi connectivity index (χ2n) is 6.06. The lowest BCUT2D eigenvalue weighted by atomic mass is 9.84. The Morgan fingerprint density at radius 1 is 1.09 bits per heavy atom. The first kappa shape index (κ1) is 15.4. The van der Waals surface area contributed by atoms with Crippen molar-refractivity contribution in [1.29, 1.82) is 0 Å². The quantitative estimate of drug-likeness (QED) is 0.897. The van der Waals surface area contributed by atoms with Crippen molar-refractivity contribution in [1.82, 2.24) is 5.32 Å². The Hall–Kier alpha value is -2.49. The van der Waals surface area contributed by atoms with Crippen molar-refractivity contribution >= 4 is 11.8 Å². The van der Waals surface area contributed by atoms with Gasteiger partial charge in [0.25, 0.3) is 0 Å². The van der Waals surface area contributed by atoms with Gasteiger partial charge in [-0.1, -0.05) is 55.5 Å². The maximum atomic E-state index is 12.2. The highest BCUT2D eigenvalue weighted by Crippen LogP contribution is 2.36. The van der Waals surface area contributed by atoms with Crippen LogP contribution in [-0.4, -0.2) is 12.1 Å². The number of hydrogen-bond donors (Lipinski definition) is 2. The third-order valence-electron chi connectivity index (χ3n) is 4.48. The second-order valence-corrected chi connectivity index (χ2v) is 6.06. The first-order valence-electron chi connectivity index (χ1n) is 7.98. The van der Waals surface area contributed by atoms with Crippen molar-refractivity contribution < 1.29 is 9.53 Å². The molecule has 0 aliphatic carbocycles. The number of benzene rings is 2. The second kappa shape index (κ2) is 6.73. The minimum atomic E-state index is -0.380. The molecule has 2 aromatic rings. The number of hydrogen-bond acceptors (Lipinski definition) is 3. The zero-order valence-corrected chi connectivity index (χ0v) is 13.5. The number of rotatable bonds is 3. The minimum absolute atomic E-state index is 0.0503. The van der Waals surface area contributed by atoms with Crippen LogP contribution in [0.2, 0.25) is 0 Å². The highest BCUT2D eigenvalue weighted by atomic mass is 16.5. The van der Waals surface area contributed by atoms with E-state index in [0.717, 1.165) is 16.8 Å². The number of ether oxygens (including phenoxy) is 1. The van der Waals surface area contributed by atoms with E-state index < -0.39 is 0 Å². The highest BCUT2D eigenvalue weighted by molar-refractivity contribution is 5.69. The number of carbonyl (C=O) groups is 1. The van der Waals surface area contributed by atoms with Crippen molar-refractivity contribution in [2.45, 2.75) is 32.5 Å². The first-order valence-corrected chi connectivity index (χ1v) is 7.98. The number of amides is 1. The summed E-state index contributed by atoms with van der Waals surface area (Å²) in [6.45, 7) is 4.55. The largest absolute Gasteiger partial charge is 0.445 e. The molecule has 0 spiro atoms. The predicted octanol–water partition coefficient (Wildman–Crippen LogP) is 4.10. The van der Waals surface area contributed by atoms with Gasteiger partial charge < -0.3 is 15.4 Å². The highest BCUT2D eigenvalue weighted by Gasteiger charge is 2.32. The van der Waals surface area contributed by atoms with Gasteiger partial charge in [-0.15, -0.1) is 0 Å². The fourth-order valence-electron chi connectivity index (χ4n) is 2.95. The molecule has 0 saturated heterocycles. The van der Waals surface area contributed by atoms with Crippen LogP contribution < -0.4 is 10.6 Å². The molecule has 1 aliphatic heterocycles. The van der Waals surface area contributed by atoms with Crippen molar-refractivity contribution in [2.75, 3.05) is 5.32 Å². The third-order valence-corrected chi connectivity index (χ3v) is 4.48. The smallest absolute Gasteiger partial charge is 0.407 e. The van der Waals surface area contributed by atoms with Crippen LogP contribution in [0.25, 0.3) is 0 Å². The van der Waals surface area contributed by atoms with Gasteiger partial charge in [0.1, 0.15) is 6.61 Å². The fourth-order valence-corrected chi connectivity index (χ4v) is 2.95. The van der Waals surface area contributed by atoms with Crippen LogP contribution in [0.1, 0.15) is 31.0 Å². The maximum absolute atomic E-state index is 12.2. The summed E-state index contributed by atoms with van der Waals surface area (Å²) in [7, 11) is 0. The van der Waals surface area contributed by atoms with Crippen LogP contribution in [0.5, 0.6) is 0 Å². The molecule has 4 nitrogen and oxygen atoms in total. The molecule has 1 heterocycles. The van der Waals surface area contributed by atoms with E-state index in [1.807, 2.05) is 54.6 Å². The van der Waals surface area contributed by atoms with Crippen LogP contribution in [0.15, 0.2) is 54.6 Å². The summed E-state index contributed by atoms with van der Waals surface area (Å²) >= 11 is 0. The van der Waals surface area contributed by atoms with Crippen molar-refractivity contribution in [3.8, 4) is 0 Å². The van der Waals surface area contributed by atoms with Gasteiger partial charge in [0.05, 0.1) is 6.04 Å². The molecule has 0 fully saturated rings. The molecule has 120 valence electrons. The molecule has 3 atom stereocenters. The standard InChI is InChI=1S/C19H22N2O2/c1-13-14(2)20-17-11-7-6-10-16(17)18(13)21-19(22)23-12-15-8-4-3-5-9-15/h3-11,13-14,18,20H,12H2,1-2H3,(H,21,22)/t13?,14-,18+/m0/s1. The van der Waals surface area contributed by atoms with Crippen LogP contribution >= 0.6 is 0 Å². The summed E-state index contributed by atoms with van der Waals surface area (Å²) < 4.78 is 5.36. The molecule has 0 aromatic heterocycles. The zero-order valence-electron chi connectivity index (χ0n) is 13.5. The van der Waals surface area contributed by atoms with Crippen LogP contribution in [-0.2, 0) is 11.3 Å². The van der Waals surface area contributed by atoms with E-state index in [9.17, 15) is 4.79 Å². The van der Waals surface area contributed by atoms with Gasteiger partial charge in [-0.25, -0.2) is 4.79 Å². The number of fused-ring (bicyclic) bond motifs is 1. The van der Waals surface area contributed by atoms with Crippen LogP contribution in [0.4, 0.5) is 10.5 Å². The summed E-state index contributed by atoms with van der Waals surface area (Å²) in [6, 6.07) is 18.0. The molecule has 4 heteroatoms. The van der Waals surface area contributed by atoms with E-state index in [-0.39, 0.29) is 30.7 Å². The number of carbonyl (C=O) groups excluding carboxylic acids is 1. The Morgan fingerprint density at radius 3 is 2.57 bits per heavy atom. The average Bonchev–Trinajstić information content (AvgIpc) is 2.58. The van der Waals surface area contributed by atoms with Gasteiger partial charge in [0.2, 0.25) is 0 Å². The van der Waals surface area contributed by atoms with Crippen molar-refractivity contribution in [3.63, 3.8) is 0 Å². The molecule has 0 saturated carbocycles. The predicted molar refractivity (Wildman–Crippen MR) is 91.2 cm³/mol.